The molecule has 1 aliphatic carbocycles. The highest BCUT2D eigenvalue weighted by Crippen LogP contribution is 2.41. The second-order valence-electron chi connectivity index (χ2n) is 6.75. The van der Waals surface area contributed by atoms with Crippen LogP contribution in [0.25, 0.3) is 0 Å². The van der Waals surface area contributed by atoms with E-state index in [-0.39, 0.29) is 11.4 Å². The summed E-state index contributed by atoms with van der Waals surface area (Å²) in [5.74, 6) is 0.414. The van der Waals surface area contributed by atoms with Gasteiger partial charge in [0.1, 0.15) is 5.01 Å². The normalized spacial score (nSPS) is 22.6. The first-order chi connectivity index (χ1) is 11.8. The molecular weight excluding hydrogens is 320 g/mol. The molecule has 0 radical (unpaired) electrons. The predicted molar refractivity (Wildman–Crippen MR) is 94.3 cm³/mol. The molecule has 0 bridgehead atoms. The lowest BCUT2D eigenvalue weighted by Gasteiger charge is -2.28. The van der Waals surface area contributed by atoms with E-state index in [0.717, 1.165) is 56.0 Å². The summed E-state index contributed by atoms with van der Waals surface area (Å²) in [6.07, 6.45) is 5.26. The maximum absolute atomic E-state index is 12.7. The fraction of sp³-hybridized carbons (Fsp3) is 0.474. The Morgan fingerprint density at radius 2 is 2.04 bits per heavy atom. The molecule has 4 nitrogen and oxygen atoms in total. The fourth-order valence-corrected chi connectivity index (χ4v) is 4.83. The van der Waals surface area contributed by atoms with Crippen LogP contribution >= 0.6 is 11.3 Å². The molecule has 24 heavy (non-hydrogen) atoms. The van der Waals surface area contributed by atoms with Crippen molar-refractivity contribution in [3.63, 3.8) is 0 Å². The Hall–Kier alpha value is -1.72. The summed E-state index contributed by atoms with van der Waals surface area (Å²) in [7, 11) is 0. The summed E-state index contributed by atoms with van der Waals surface area (Å²) in [6, 6.07) is 9.46. The van der Waals surface area contributed by atoms with E-state index < -0.39 is 0 Å². The molecule has 1 aliphatic heterocycles. The number of ether oxygens (including phenoxy) is 1. The summed E-state index contributed by atoms with van der Waals surface area (Å²) in [5, 5.41) is 6.52. The molecule has 2 fully saturated rings. The maximum Gasteiger partial charge on any atom is 0.252 e. The van der Waals surface area contributed by atoms with Gasteiger partial charge in [-0.1, -0.05) is 31.0 Å². The van der Waals surface area contributed by atoms with Crippen LogP contribution in [0.15, 0.2) is 35.7 Å². The van der Waals surface area contributed by atoms with Crippen LogP contribution in [0.5, 0.6) is 0 Å². The zero-order chi connectivity index (χ0) is 16.4. The molecule has 2 aromatic rings. The van der Waals surface area contributed by atoms with Crippen molar-refractivity contribution < 1.29 is 9.53 Å². The van der Waals surface area contributed by atoms with Crippen LogP contribution in [0, 0.1) is 0 Å². The monoisotopic (exact) mass is 342 g/mol. The zero-order valence-corrected chi connectivity index (χ0v) is 14.5. The molecule has 1 amide bonds. The van der Waals surface area contributed by atoms with Crippen LogP contribution in [0.2, 0.25) is 0 Å². The molecule has 0 unspecified atom stereocenters. The molecule has 2 aliphatic rings. The Bertz CT molecular complexity index is 701. The first-order valence-electron chi connectivity index (χ1n) is 8.68. The Labute approximate surface area is 146 Å². The van der Waals surface area contributed by atoms with Crippen molar-refractivity contribution in [2.75, 3.05) is 13.2 Å². The Morgan fingerprint density at radius 1 is 1.25 bits per heavy atom. The van der Waals surface area contributed by atoms with Crippen molar-refractivity contribution >= 4 is 17.2 Å². The van der Waals surface area contributed by atoms with Crippen molar-refractivity contribution in [3.8, 4) is 0 Å². The minimum Gasteiger partial charge on any atom is -0.381 e. The topological polar surface area (TPSA) is 51.2 Å². The van der Waals surface area contributed by atoms with Crippen molar-refractivity contribution in [1.29, 1.82) is 0 Å². The minimum absolute atomic E-state index is 0.00144. The number of carbonyl (C=O) groups is 1. The van der Waals surface area contributed by atoms with Crippen molar-refractivity contribution in [3.05, 3.63) is 52.0 Å². The minimum atomic E-state index is -0.296. The van der Waals surface area contributed by atoms with E-state index in [1.54, 1.807) is 11.3 Å². The molecule has 126 valence electrons. The van der Waals surface area contributed by atoms with Crippen LogP contribution in [0.1, 0.15) is 59.1 Å². The Morgan fingerprint density at radius 3 is 2.75 bits per heavy atom. The van der Waals surface area contributed by atoms with Crippen molar-refractivity contribution in [2.45, 2.75) is 43.6 Å². The molecular formula is C19H22N2O2S. The van der Waals surface area contributed by atoms with Crippen molar-refractivity contribution in [1.82, 2.24) is 10.3 Å². The standard InChI is InChI=1S/C19H22N2O2S/c22-17(14-6-2-1-3-7-14)21-19(9-4-5-10-19)18-20-16(13-24-18)15-8-11-23-12-15/h1-3,6-7,13,15H,4-5,8-12H2,(H,21,22)/t15-/m0/s1. The van der Waals surface area contributed by atoms with Gasteiger partial charge in [0.2, 0.25) is 0 Å². The number of rotatable bonds is 4. The van der Waals surface area contributed by atoms with Gasteiger partial charge in [0.05, 0.1) is 17.8 Å². The van der Waals surface area contributed by atoms with Gasteiger partial charge in [-0.15, -0.1) is 11.3 Å². The van der Waals surface area contributed by atoms with E-state index in [2.05, 4.69) is 10.7 Å². The molecule has 0 spiro atoms. The van der Waals surface area contributed by atoms with E-state index in [1.807, 2.05) is 30.3 Å². The Balaban J connectivity index is 1.58. The number of aromatic nitrogens is 1. The van der Waals surface area contributed by atoms with Gasteiger partial charge < -0.3 is 10.1 Å². The second-order valence-corrected chi connectivity index (χ2v) is 7.61. The van der Waals surface area contributed by atoms with E-state index in [1.165, 1.54) is 0 Å². The van der Waals surface area contributed by atoms with Gasteiger partial charge in [-0.25, -0.2) is 4.98 Å². The highest BCUT2D eigenvalue weighted by atomic mass is 32.1. The number of hydrogen-bond acceptors (Lipinski definition) is 4. The number of amides is 1. The van der Waals surface area contributed by atoms with E-state index in [0.29, 0.717) is 11.5 Å². The smallest absolute Gasteiger partial charge is 0.252 e. The lowest BCUT2D eigenvalue weighted by Crippen LogP contribution is -2.43. The molecule has 4 rings (SSSR count). The summed E-state index contributed by atoms with van der Waals surface area (Å²) in [6.45, 7) is 1.60. The summed E-state index contributed by atoms with van der Waals surface area (Å²) in [5.41, 5.74) is 1.55. The van der Waals surface area contributed by atoms with E-state index >= 15 is 0 Å². The fourth-order valence-electron chi connectivity index (χ4n) is 3.71. The van der Waals surface area contributed by atoms with Gasteiger partial charge in [0.15, 0.2) is 0 Å². The second kappa shape index (κ2) is 6.65. The highest BCUT2D eigenvalue weighted by molar-refractivity contribution is 7.09. The van der Waals surface area contributed by atoms with Crippen LogP contribution in [-0.4, -0.2) is 24.1 Å². The number of nitrogens with zero attached hydrogens (tertiary/aromatic N) is 1. The summed E-state index contributed by atoms with van der Waals surface area (Å²) < 4.78 is 5.49. The average Bonchev–Trinajstić information content (AvgIpc) is 3.36. The Kier molecular flexibility index (Phi) is 4.37. The molecule has 1 saturated carbocycles. The molecule has 1 N–H and O–H groups in total. The largest absolute Gasteiger partial charge is 0.381 e. The third-order valence-corrected chi connectivity index (χ3v) is 6.19. The predicted octanol–water partition coefficient (Wildman–Crippen LogP) is 3.85. The van der Waals surface area contributed by atoms with Crippen LogP contribution < -0.4 is 5.32 Å². The molecule has 2 heterocycles. The van der Waals surface area contributed by atoms with E-state index in [9.17, 15) is 4.79 Å². The van der Waals surface area contributed by atoms with Gasteiger partial charge in [-0.2, -0.15) is 0 Å². The average molecular weight is 342 g/mol. The van der Waals surface area contributed by atoms with Gasteiger partial charge in [-0.05, 0) is 31.4 Å². The van der Waals surface area contributed by atoms with Crippen LogP contribution in [0.4, 0.5) is 0 Å². The van der Waals surface area contributed by atoms with Gasteiger partial charge >= 0.3 is 0 Å². The SMILES string of the molecule is O=C(NC1(c2nc([C@H]3CCOC3)cs2)CCCC1)c1ccccc1. The van der Waals surface area contributed by atoms with Gasteiger partial charge in [0, 0.05) is 23.5 Å². The number of benzene rings is 1. The number of thiazole rings is 1. The first kappa shape index (κ1) is 15.8. The molecule has 1 saturated heterocycles. The molecule has 5 heteroatoms. The number of nitrogens with one attached hydrogen (secondary N) is 1. The zero-order valence-electron chi connectivity index (χ0n) is 13.7. The molecule has 1 aromatic heterocycles. The van der Waals surface area contributed by atoms with Crippen LogP contribution in [0.3, 0.4) is 0 Å². The maximum atomic E-state index is 12.7. The highest BCUT2D eigenvalue weighted by Gasteiger charge is 2.40. The van der Waals surface area contributed by atoms with E-state index in [4.69, 9.17) is 9.72 Å². The van der Waals surface area contributed by atoms with Crippen molar-refractivity contribution in [2.24, 2.45) is 0 Å². The third-order valence-electron chi connectivity index (χ3n) is 5.13. The molecule has 1 aromatic carbocycles. The summed E-state index contributed by atoms with van der Waals surface area (Å²) in [4.78, 5) is 17.6. The summed E-state index contributed by atoms with van der Waals surface area (Å²) >= 11 is 1.69. The molecule has 1 atom stereocenters. The number of hydrogen-bond donors (Lipinski definition) is 1. The number of carbonyl (C=O) groups excluding carboxylic acids is 1. The lowest BCUT2D eigenvalue weighted by atomic mass is 9.97. The third kappa shape index (κ3) is 2.98. The quantitative estimate of drug-likeness (QED) is 0.918. The van der Waals surface area contributed by atoms with Gasteiger partial charge in [0.25, 0.3) is 5.91 Å². The first-order valence-corrected chi connectivity index (χ1v) is 9.56. The van der Waals surface area contributed by atoms with Crippen LogP contribution in [-0.2, 0) is 10.3 Å². The van der Waals surface area contributed by atoms with Gasteiger partial charge in [-0.3, -0.25) is 4.79 Å². The lowest BCUT2D eigenvalue weighted by molar-refractivity contribution is 0.0898.